The van der Waals surface area contributed by atoms with E-state index in [4.69, 9.17) is 4.74 Å². The van der Waals surface area contributed by atoms with Gasteiger partial charge in [0.05, 0.1) is 13.2 Å². The van der Waals surface area contributed by atoms with Crippen LogP contribution in [0.4, 0.5) is 0 Å². The molecule has 28 heavy (non-hydrogen) atoms. The number of benzene rings is 1. The number of aromatic nitrogens is 1. The number of methoxy groups -OCH3 is 1. The first-order valence-corrected chi connectivity index (χ1v) is 10.0. The lowest BCUT2D eigenvalue weighted by molar-refractivity contribution is -0.0221. The van der Waals surface area contributed by atoms with Gasteiger partial charge in [0.15, 0.2) is 0 Å². The van der Waals surface area contributed by atoms with Crippen LogP contribution in [0.1, 0.15) is 16.9 Å². The van der Waals surface area contributed by atoms with Crippen molar-refractivity contribution in [3.8, 4) is 5.75 Å². The minimum atomic E-state index is -0.504. The second-order valence-corrected chi connectivity index (χ2v) is 8.03. The number of fused-ring (bicyclic) bond motifs is 1. The van der Waals surface area contributed by atoms with Crippen LogP contribution in [0.5, 0.6) is 5.75 Å². The molecule has 4 rings (SSSR count). The maximum absolute atomic E-state index is 13.2. The van der Waals surface area contributed by atoms with E-state index in [1.165, 1.54) is 0 Å². The van der Waals surface area contributed by atoms with Crippen LogP contribution in [0, 0.1) is 0 Å². The fourth-order valence-corrected chi connectivity index (χ4v) is 4.50. The van der Waals surface area contributed by atoms with Crippen molar-refractivity contribution in [3.63, 3.8) is 0 Å². The van der Waals surface area contributed by atoms with Crippen molar-refractivity contribution in [3.05, 3.63) is 30.0 Å². The van der Waals surface area contributed by atoms with Crippen LogP contribution < -0.4 is 4.74 Å². The fourth-order valence-electron chi connectivity index (χ4n) is 4.50. The number of ether oxygens (including phenoxy) is 1. The monoisotopic (exact) mass is 386 g/mol. The number of aryl methyl sites for hydroxylation is 1. The number of carbonyl (C=O) groups excluding carboxylic acids is 1. The Balaban J connectivity index is 1.47. The van der Waals surface area contributed by atoms with E-state index in [1.807, 2.05) is 35.9 Å². The smallest absolute Gasteiger partial charge is 0.270 e. The molecule has 2 fully saturated rings. The van der Waals surface area contributed by atoms with Gasteiger partial charge in [0.2, 0.25) is 0 Å². The van der Waals surface area contributed by atoms with Crippen LogP contribution in [0.25, 0.3) is 10.9 Å². The molecular formula is C21H30N4O3. The molecule has 1 amide bonds. The Kier molecular flexibility index (Phi) is 5.31. The number of aliphatic hydroxyl groups excluding tert-OH is 1. The van der Waals surface area contributed by atoms with Crippen molar-refractivity contribution >= 4 is 16.8 Å². The Morgan fingerprint density at radius 2 is 1.86 bits per heavy atom. The Morgan fingerprint density at radius 1 is 1.11 bits per heavy atom. The van der Waals surface area contributed by atoms with Gasteiger partial charge in [-0.3, -0.25) is 9.69 Å². The molecule has 2 atom stereocenters. The first-order chi connectivity index (χ1) is 13.5. The number of piperidine rings is 1. The molecule has 0 saturated carbocycles. The highest BCUT2D eigenvalue weighted by Crippen LogP contribution is 2.26. The van der Waals surface area contributed by atoms with Crippen LogP contribution in [-0.4, -0.2) is 95.9 Å². The SMILES string of the molecule is COc1ccc2c(c1)cc(C(=O)N1CC[C@@H](N3CCN(C)CC3)[C@H](O)C1)n2C. The minimum Gasteiger partial charge on any atom is -0.497 e. The third kappa shape index (κ3) is 3.50. The quantitative estimate of drug-likeness (QED) is 0.853. The van der Waals surface area contributed by atoms with Gasteiger partial charge in [-0.25, -0.2) is 0 Å². The van der Waals surface area contributed by atoms with Crippen molar-refractivity contribution in [2.45, 2.75) is 18.6 Å². The molecular weight excluding hydrogens is 356 g/mol. The van der Waals surface area contributed by atoms with E-state index in [2.05, 4.69) is 16.8 Å². The highest BCUT2D eigenvalue weighted by Gasteiger charge is 2.35. The molecule has 2 saturated heterocycles. The van der Waals surface area contributed by atoms with Gasteiger partial charge >= 0.3 is 0 Å². The zero-order chi connectivity index (χ0) is 19.8. The largest absolute Gasteiger partial charge is 0.497 e. The van der Waals surface area contributed by atoms with Gasteiger partial charge < -0.3 is 24.2 Å². The molecule has 2 aliphatic rings. The van der Waals surface area contributed by atoms with Crippen molar-refractivity contribution < 1.29 is 14.6 Å². The number of carbonyl (C=O) groups is 1. The van der Waals surface area contributed by atoms with E-state index in [0.717, 1.165) is 49.3 Å². The van der Waals surface area contributed by atoms with Gasteiger partial charge in [0, 0.05) is 63.3 Å². The van der Waals surface area contributed by atoms with E-state index in [0.29, 0.717) is 18.8 Å². The van der Waals surface area contributed by atoms with Crippen LogP contribution in [0.15, 0.2) is 24.3 Å². The first kappa shape index (κ1) is 19.2. The van der Waals surface area contributed by atoms with Crippen molar-refractivity contribution in [1.29, 1.82) is 0 Å². The number of hydrogen-bond donors (Lipinski definition) is 1. The summed E-state index contributed by atoms with van der Waals surface area (Å²) in [6.45, 7) is 5.10. The maximum atomic E-state index is 13.2. The van der Waals surface area contributed by atoms with Gasteiger partial charge in [-0.1, -0.05) is 0 Å². The number of piperazine rings is 1. The molecule has 3 heterocycles. The molecule has 2 aromatic rings. The van der Waals surface area contributed by atoms with Crippen LogP contribution in [0.2, 0.25) is 0 Å². The van der Waals surface area contributed by atoms with Gasteiger partial charge in [0.25, 0.3) is 5.91 Å². The molecule has 7 heteroatoms. The normalized spacial score (nSPS) is 24.6. The topological polar surface area (TPSA) is 61.2 Å². The molecule has 0 bridgehead atoms. The summed E-state index contributed by atoms with van der Waals surface area (Å²) in [7, 11) is 5.69. The minimum absolute atomic E-state index is 0.0199. The third-order valence-electron chi connectivity index (χ3n) is 6.31. The van der Waals surface area contributed by atoms with Crippen LogP contribution in [-0.2, 0) is 7.05 Å². The van der Waals surface area contributed by atoms with Gasteiger partial charge in [-0.05, 0) is 37.7 Å². The summed E-state index contributed by atoms with van der Waals surface area (Å²) in [5, 5.41) is 11.7. The third-order valence-corrected chi connectivity index (χ3v) is 6.31. The predicted octanol–water partition coefficient (Wildman–Crippen LogP) is 1.01. The molecule has 152 valence electrons. The fraction of sp³-hybridized carbons (Fsp3) is 0.571. The lowest BCUT2D eigenvalue weighted by atomic mass is 9.99. The summed E-state index contributed by atoms with van der Waals surface area (Å²) in [4.78, 5) is 19.7. The zero-order valence-electron chi connectivity index (χ0n) is 17.0. The second-order valence-electron chi connectivity index (χ2n) is 8.03. The molecule has 1 N–H and O–H groups in total. The van der Waals surface area contributed by atoms with Gasteiger partial charge in [-0.2, -0.15) is 0 Å². The summed E-state index contributed by atoms with van der Waals surface area (Å²) in [6, 6.07) is 7.88. The predicted molar refractivity (Wildman–Crippen MR) is 109 cm³/mol. The number of amides is 1. The highest BCUT2D eigenvalue weighted by atomic mass is 16.5. The summed E-state index contributed by atoms with van der Waals surface area (Å²) >= 11 is 0. The maximum Gasteiger partial charge on any atom is 0.270 e. The van der Waals surface area contributed by atoms with Crippen LogP contribution >= 0.6 is 0 Å². The average Bonchev–Trinajstić information content (AvgIpc) is 3.04. The van der Waals surface area contributed by atoms with Crippen molar-refractivity contribution in [1.82, 2.24) is 19.3 Å². The zero-order valence-corrected chi connectivity index (χ0v) is 17.0. The number of rotatable bonds is 3. The Hall–Kier alpha value is -2.09. The lowest BCUT2D eigenvalue weighted by Crippen LogP contribution is -2.59. The number of aliphatic hydroxyl groups is 1. The van der Waals surface area contributed by atoms with Gasteiger partial charge in [-0.15, -0.1) is 0 Å². The Labute approximate surface area is 166 Å². The summed E-state index contributed by atoms with van der Waals surface area (Å²) in [5.41, 5.74) is 1.64. The first-order valence-electron chi connectivity index (χ1n) is 10.0. The number of likely N-dealkylation sites (tertiary alicyclic amines) is 1. The highest BCUT2D eigenvalue weighted by molar-refractivity contribution is 5.99. The summed E-state index contributed by atoms with van der Waals surface area (Å²) in [6.07, 6.45) is 0.310. The lowest BCUT2D eigenvalue weighted by Gasteiger charge is -2.44. The van der Waals surface area contributed by atoms with E-state index in [1.54, 1.807) is 12.0 Å². The second kappa shape index (κ2) is 7.73. The van der Waals surface area contributed by atoms with E-state index >= 15 is 0 Å². The molecule has 0 aliphatic carbocycles. The van der Waals surface area contributed by atoms with Crippen molar-refractivity contribution in [2.75, 3.05) is 53.4 Å². The number of likely N-dealkylation sites (N-methyl/N-ethyl adjacent to an activating group) is 1. The van der Waals surface area contributed by atoms with E-state index in [9.17, 15) is 9.90 Å². The molecule has 0 radical (unpaired) electrons. The Morgan fingerprint density at radius 3 is 2.54 bits per heavy atom. The van der Waals surface area contributed by atoms with Gasteiger partial charge in [0.1, 0.15) is 11.4 Å². The van der Waals surface area contributed by atoms with E-state index in [-0.39, 0.29) is 11.9 Å². The van der Waals surface area contributed by atoms with E-state index < -0.39 is 6.10 Å². The molecule has 0 unspecified atom stereocenters. The van der Waals surface area contributed by atoms with Crippen molar-refractivity contribution in [2.24, 2.45) is 7.05 Å². The average molecular weight is 386 g/mol. The molecule has 0 spiro atoms. The Bertz CT molecular complexity index is 857. The summed E-state index contributed by atoms with van der Waals surface area (Å²) in [5.74, 6) is 0.758. The molecule has 1 aromatic heterocycles. The molecule has 7 nitrogen and oxygen atoms in total. The van der Waals surface area contributed by atoms with Crippen LogP contribution in [0.3, 0.4) is 0 Å². The molecule has 2 aliphatic heterocycles. The number of hydrogen-bond acceptors (Lipinski definition) is 5. The number of β-amino-alcohol motifs (C(OH)–C–C–N with tert-alkyl or cyclic N) is 1. The number of nitrogens with zero attached hydrogens (tertiary/aromatic N) is 4. The molecule has 1 aromatic carbocycles. The standard InChI is InChI=1S/C21H30N4O3/c1-22-8-10-24(11-9-22)18-6-7-25(14-20(18)26)21(27)19-13-15-12-16(28-3)4-5-17(15)23(19)2/h4-5,12-13,18,20,26H,6-11,14H2,1-3H3/t18-,20-/m1/s1. The summed E-state index contributed by atoms with van der Waals surface area (Å²) < 4.78 is 7.22.